The zero-order chi connectivity index (χ0) is 18.8. The molecule has 1 fully saturated rings. The second kappa shape index (κ2) is 7.82. The highest BCUT2D eigenvalue weighted by atomic mass is 16.5. The molecule has 0 saturated carbocycles. The molecule has 0 aliphatic carbocycles. The smallest absolute Gasteiger partial charge is 0.287 e. The van der Waals surface area contributed by atoms with Gasteiger partial charge in [0.1, 0.15) is 12.2 Å². The van der Waals surface area contributed by atoms with Crippen molar-refractivity contribution in [3.63, 3.8) is 0 Å². The van der Waals surface area contributed by atoms with Crippen molar-refractivity contribution in [1.29, 1.82) is 0 Å². The Morgan fingerprint density at radius 1 is 1.19 bits per heavy atom. The first-order valence-corrected chi connectivity index (χ1v) is 9.24. The van der Waals surface area contributed by atoms with Crippen LogP contribution in [-0.2, 0) is 17.7 Å². The molecule has 2 aliphatic heterocycles. The van der Waals surface area contributed by atoms with E-state index in [4.69, 9.17) is 9.15 Å². The maximum atomic E-state index is 12.2. The van der Waals surface area contributed by atoms with Crippen LogP contribution in [0.1, 0.15) is 21.7 Å². The van der Waals surface area contributed by atoms with E-state index in [-0.39, 0.29) is 30.9 Å². The Morgan fingerprint density at radius 2 is 2.00 bits per heavy atom. The average Bonchev–Trinajstić information content (AvgIpc) is 3.34. The topological polar surface area (TPSA) is 95.2 Å². The summed E-state index contributed by atoms with van der Waals surface area (Å²) in [4.78, 5) is 14.3. The summed E-state index contributed by atoms with van der Waals surface area (Å²) in [5.41, 5.74) is 2.56. The number of aliphatic hydroxyl groups is 2. The first kappa shape index (κ1) is 18.2. The molecular weight excluding hydrogens is 348 g/mol. The Kier molecular flexibility index (Phi) is 5.27. The van der Waals surface area contributed by atoms with Gasteiger partial charge in [0.25, 0.3) is 5.91 Å². The minimum atomic E-state index is -0.814. The molecule has 144 valence electrons. The summed E-state index contributed by atoms with van der Waals surface area (Å²) in [6.45, 7) is 1.48. The number of rotatable bonds is 5. The van der Waals surface area contributed by atoms with Crippen LogP contribution in [0.15, 0.2) is 47.1 Å². The third-order valence-electron chi connectivity index (χ3n) is 5.43. The first-order chi connectivity index (χ1) is 13.2. The lowest BCUT2D eigenvalue weighted by atomic mass is 9.95. The van der Waals surface area contributed by atoms with Crippen molar-refractivity contribution >= 4 is 5.91 Å². The molecule has 7 heteroatoms. The van der Waals surface area contributed by atoms with Gasteiger partial charge in [0.05, 0.1) is 25.0 Å². The van der Waals surface area contributed by atoms with Crippen LogP contribution in [0.5, 0.6) is 0 Å². The Balaban J connectivity index is 1.47. The maximum Gasteiger partial charge on any atom is 0.287 e. The van der Waals surface area contributed by atoms with E-state index in [1.165, 1.54) is 17.4 Å². The van der Waals surface area contributed by atoms with Crippen LogP contribution < -0.4 is 5.32 Å². The zero-order valence-electron chi connectivity index (χ0n) is 15.0. The molecule has 1 saturated heterocycles. The van der Waals surface area contributed by atoms with Gasteiger partial charge >= 0.3 is 0 Å². The SMILES string of the molecule is O=C(NC[C@H]1O[C@@H](CO)[C@@H](O)[C@@H]1N1CCc2ccccc2C1)c1ccco1. The van der Waals surface area contributed by atoms with Gasteiger partial charge in [-0.1, -0.05) is 24.3 Å². The van der Waals surface area contributed by atoms with Crippen molar-refractivity contribution in [2.75, 3.05) is 19.7 Å². The van der Waals surface area contributed by atoms with Crippen molar-refractivity contribution in [2.45, 2.75) is 37.3 Å². The fourth-order valence-corrected chi connectivity index (χ4v) is 4.06. The Morgan fingerprint density at radius 3 is 2.74 bits per heavy atom. The maximum absolute atomic E-state index is 12.2. The van der Waals surface area contributed by atoms with Crippen molar-refractivity contribution in [3.05, 3.63) is 59.5 Å². The number of amides is 1. The fourth-order valence-electron chi connectivity index (χ4n) is 4.06. The predicted molar refractivity (Wildman–Crippen MR) is 97.1 cm³/mol. The molecule has 0 unspecified atom stereocenters. The van der Waals surface area contributed by atoms with E-state index in [9.17, 15) is 15.0 Å². The van der Waals surface area contributed by atoms with E-state index in [2.05, 4.69) is 22.3 Å². The molecule has 7 nitrogen and oxygen atoms in total. The van der Waals surface area contributed by atoms with Crippen molar-refractivity contribution < 1.29 is 24.2 Å². The van der Waals surface area contributed by atoms with Gasteiger partial charge in [-0.3, -0.25) is 9.69 Å². The highest BCUT2D eigenvalue weighted by Crippen LogP contribution is 2.30. The molecule has 4 rings (SSSR count). The number of carbonyl (C=O) groups is 1. The molecule has 4 atom stereocenters. The van der Waals surface area contributed by atoms with Crippen molar-refractivity contribution in [1.82, 2.24) is 10.2 Å². The second-order valence-electron chi connectivity index (χ2n) is 7.05. The average molecular weight is 372 g/mol. The molecule has 3 N–H and O–H groups in total. The quantitative estimate of drug-likeness (QED) is 0.710. The van der Waals surface area contributed by atoms with Gasteiger partial charge in [-0.2, -0.15) is 0 Å². The number of nitrogens with zero attached hydrogens (tertiary/aromatic N) is 1. The Labute approximate surface area is 157 Å². The van der Waals surface area contributed by atoms with Gasteiger partial charge in [0.15, 0.2) is 5.76 Å². The van der Waals surface area contributed by atoms with Crippen molar-refractivity contribution in [3.8, 4) is 0 Å². The molecule has 27 heavy (non-hydrogen) atoms. The summed E-state index contributed by atoms with van der Waals surface area (Å²) in [6, 6.07) is 11.2. The van der Waals surface area contributed by atoms with E-state index >= 15 is 0 Å². The minimum Gasteiger partial charge on any atom is -0.459 e. The van der Waals surface area contributed by atoms with E-state index < -0.39 is 18.3 Å². The van der Waals surface area contributed by atoms with Gasteiger partial charge in [0.2, 0.25) is 0 Å². The zero-order valence-corrected chi connectivity index (χ0v) is 15.0. The molecule has 1 amide bonds. The lowest BCUT2D eigenvalue weighted by molar-refractivity contribution is -0.0209. The lowest BCUT2D eigenvalue weighted by Crippen LogP contribution is -2.52. The van der Waals surface area contributed by atoms with Crippen LogP contribution in [-0.4, -0.2) is 65.1 Å². The van der Waals surface area contributed by atoms with E-state index in [0.29, 0.717) is 6.54 Å². The third kappa shape index (κ3) is 3.64. The number of furan rings is 1. The number of hydrogen-bond acceptors (Lipinski definition) is 6. The molecule has 2 aliphatic rings. The molecule has 2 aromatic rings. The minimum absolute atomic E-state index is 0.232. The number of benzene rings is 1. The van der Waals surface area contributed by atoms with Gasteiger partial charge in [-0.05, 0) is 29.7 Å². The van der Waals surface area contributed by atoms with Crippen LogP contribution in [0, 0.1) is 0 Å². The van der Waals surface area contributed by atoms with E-state index in [1.54, 1.807) is 12.1 Å². The molecule has 0 bridgehead atoms. The lowest BCUT2D eigenvalue weighted by Gasteiger charge is -2.37. The molecular formula is C20H24N2O5. The number of ether oxygens (including phenoxy) is 1. The third-order valence-corrected chi connectivity index (χ3v) is 5.43. The summed E-state index contributed by atoms with van der Waals surface area (Å²) in [7, 11) is 0. The van der Waals surface area contributed by atoms with Gasteiger partial charge in [-0.15, -0.1) is 0 Å². The van der Waals surface area contributed by atoms with Crippen LogP contribution in [0.3, 0.4) is 0 Å². The largest absolute Gasteiger partial charge is 0.459 e. The van der Waals surface area contributed by atoms with E-state index in [1.807, 2.05) is 12.1 Å². The standard InChI is InChI=1S/C20H24N2O5/c23-12-17-19(24)18(22-8-7-13-4-1-2-5-14(13)11-22)16(27-17)10-21-20(25)15-6-3-9-26-15/h1-6,9,16-19,23-24H,7-8,10-12H2,(H,21,25)/t16-,17+,18-,19-/m1/s1. The summed E-state index contributed by atoms with van der Waals surface area (Å²) in [5.74, 6) is -0.0935. The molecule has 0 radical (unpaired) electrons. The van der Waals surface area contributed by atoms with E-state index in [0.717, 1.165) is 13.0 Å². The van der Waals surface area contributed by atoms with Crippen LogP contribution in [0.4, 0.5) is 0 Å². The van der Waals surface area contributed by atoms with Crippen LogP contribution in [0.25, 0.3) is 0 Å². The normalized spacial score (nSPS) is 28.1. The molecule has 0 spiro atoms. The summed E-state index contributed by atoms with van der Waals surface area (Å²) >= 11 is 0. The molecule has 3 heterocycles. The Hall–Kier alpha value is -2.19. The Bertz CT molecular complexity index is 778. The summed E-state index contributed by atoms with van der Waals surface area (Å²) < 4.78 is 11.0. The molecule has 1 aromatic carbocycles. The first-order valence-electron chi connectivity index (χ1n) is 9.24. The van der Waals surface area contributed by atoms with Crippen molar-refractivity contribution in [2.24, 2.45) is 0 Å². The fraction of sp³-hybridized carbons (Fsp3) is 0.450. The van der Waals surface area contributed by atoms with Gasteiger partial charge < -0.3 is 24.7 Å². The summed E-state index contributed by atoms with van der Waals surface area (Å²) in [5, 5.41) is 23.1. The number of nitrogens with one attached hydrogen (secondary N) is 1. The van der Waals surface area contributed by atoms with Gasteiger partial charge in [-0.25, -0.2) is 0 Å². The highest BCUT2D eigenvalue weighted by Gasteiger charge is 2.46. The highest BCUT2D eigenvalue weighted by molar-refractivity contribution is 5.91. The monoisotopic (exact) mass is 372 g/mol. The number of hydrogen-bond donors (Lipinski definition) is 3. The summed E-state index contributed by atoms with van der Waals surface area (Å²) in [6.07, 6.45) is 0.458. The number of fused-ring (bicyclic) bond motifs is 1. The second-order valence-corrected chi connectivity index (χ2v) is 7.05. The van der Waals surface area contributed by atoms with Crippen LogP contribution >= 0.6 is 0 Å². The van der Waals surface area contributed by atoms with Gasteiger partial charge in [0, 0.05) is 19.6 Å². The van der Waals surface area contributed by atoms with Crippen LogP contribution in [0.2, 0.25) is 0 Å². The predicted octanol–water partition coefficient (Wildman–Crippen LogP) is 0.557. The number of aliphatic hydroxyl groups excluding tert-OH is 2. The molecule has 1 aromatic heterocycles. The number of carbonyl (C=O) groups excluding carboxylic acids is 1.